The Bertz CT molecular complexity index is 547. The van der Waals surface area contributed by atoms with Crippen molar-refractivity contribution in [1.29, 1.82) is 0 Å². The summed E-state index contributed by atoms with van der Waals surface area (Å²) < 4.78 is 0. The lowest BCUT2D eigenvalue weighted by molar-refractivity contribution is -0.103. The van der Waals surface area contributed by atoms with Gasteiger partial charge < -0.3 is 0 Å². The number of hydrogen-bond acceptors (Lipinski definition) is 1. The number of hydrogen-bond donors (Lipinski definition) is 0. The third-order valence-corrected chi connectivity index (χ3v) is 2.88. The molecule has 0 fully saturated rings. The molecule has 0 atom stereocenters. The molecule has 1 heteroatoms. The highest BCUT2D eigenvalue weighted by atomic mass is 16.1. The third-order valence-electron chi connectivity index (χ3n) is 2.88. The number of rotatable bonds is 4. The molecule has 86 valence electrons. The van der Waals surface area contributed by atoms with Crippen LogP contribution in [0.5, 0.6) is 0 Å². The molecule has 0 aliphatic carbocycles. The number of carbonyl (C=O) groups is 1. The Balaban J connectivity index is 2.57. The summed E-state index contributed by atoms with van der Waals surface area (Å²) in [5, 5.41) is 2.32. The van der Waals surface area contributed by atoms with Gasteiger partial charge in [0.25, 0.3) is 0 Å². The van der Waals surface area contributed by atoms with Gasteiger partial charge in [0.05, 0.1) is 0 Å². The van der Waals surface area contributed by atoms with Crippen molar-refractivity contribution < 1.29 is 4.79 Å². The van der Waals surface area contributed by atoms with E-state index in [9.17, 15) is 4.79 Å². The van der Waals surface area contributed by atoms with Crippen LogP contribution in [0.1, 0.15) is 25.3 Å². The van der Waals surface area contributed by atoms with Crippen LogP contribution in [0.2, 0.25) is 0 Å². The second kappa shape index (κ2) is 5.44. The van der Waals surface area contributed by atoms with E-state index < -0.39 is 0 Å². The molecule has 0 bridgehead atoms. The first-order chi connectivity index (χ1) is 8.36. The zero-order valence-corrected chi connectivity index (χ0v) is 10.0. The average Bonchev–Trinajstić information content (AvgIpc) is 2.40. The van der Waals surface area contributed by atoms with Gasteiger partial charge in [0.2, 0.25) is 0 Å². The second-order valence-electron chi connectivity index (χ2n) is 4.09. The van der Waals surface area contributed by atoms with Crippen LogP contribution in [0.4, 0.5) is 0 Å². The van der Waals surface area contributed by atoms with Crippen LogP contribution in [0.25, 0.3) is 16.3 Å². The highest BCUT2D eigenvalue weighted by Crippen LogP contribution is 2.24. The van der Waals surface area contributed by atoms with Crippen LogP contribution in [-0.4, -0.2) is 6.29 Å². The lowest BCUT2D eigenvalue weighted by Crippen LogP contribution is -1.88. The number of benzene rings is 2. The van der Waals surface area contributed by atoms with Gasteiger partial charge in [-0.05, 0) is 22.8 Å². The Hall–Kier alpha value is -1.89. The van der Waals surface area contributed by atoms with Crippen molar-refractivity contribution in [3.63, 3.8) is 0 Å². The largest absolute Gasteiger partial charge is 0.298 e. The Morgan fingerprint density at radius 1 is 1.12 bits per heavy atom. The summed E-state index contributed by atoms with van der Waals surface area (Å²) in [4.78, 5) is 11.2. The first-order valence-electron chi connectivity index (χ1n) is 6.00. The molecule has 2 rings (SSSR count). The maximum Gasteiger partial charge on any atom is 0.150 e. The van der Waals surface area contributed by atoms with Crippen molar-refractivity contribution >= 4 is 22.6 Å². The summed E-state index contributed by atoms with van der Waals surface area (Å²) in [5.41, 5.74) is 1.83. The van der Waals surface area contributed by atoms with Crippen molar-refractivity contribution in [3.05, 3.63) is 54.1 Å². The molecule has 0 saturated carbocycles. The van der Waals surface area contributed by atoms with Crippen molar-refractivity contribution in [2.45, 2.75) is 19.8 Å². The van der Waals surface area contributed by atoms with Crippen LogP contribution in [-0.2, 0) is 4.79 Å². The number of carbonyl (C=O) groups excluding carboxylic acids is 1. The fourth-order valence-corrected chi connectivity index (χ4v) is 2.00. The normalized spacial score (nSPS) is 11.7. The number of aldehydes is 1. The summed E-state index contributed by atoms with van der Waals surface area (Å²) in [6.45, 7) is 2.11. The minimum absolute atomic E-state index is 0.795. The summed E-state index contributed by atoms with van der Waals surface area (Å²) in [5.74, 6) is 0. The molecular weight excluding hydrogens is 208 g/mol. The van der Waals surface area contributed by atoms with Gasteiger partial charge in [-0.15, -0.1) is 0 Å². The quantitative estimate of drug-likeness (QED) is 0.561. The monoisotopic (exact) mass is 224 g/mol. The molecule has 1 nitrogen and oxygen atoms in total. The molecule has 0 amide bonds. The topological polar surface area (TPSA) is 17.1 Å². The number of allylic oxidation sites excluding steroid dienone is 2. The first kappa shape index (κ1) is 11.6. The predicted octanol–water partition coefficient (Wildman–Crippen LogP) is 4.22. The smallest absolute Gasteiger partial charge is 0.150 e. The van der Waals surface area contributed by atoms with E-state index in [1.165, 1.54) is 5.39 Å². The van der Waals surface area contributed by atoms with Crippen LogP contribution in [0.3, 0.4) is 0 Å². The third kappa shape index (κ3) is 2.44. The van der Waals surface area contributed by atoms with E-state index in [4.69, 9.17) is 0 Å². The Labute approximate surface area is 102 Å². The molecule has 0 aliphatic heterocycles. The molecule has 2 aromatic rings. The molecule has 0 spiro atoms. The Morgan fingerprint density at radius 3 is 2.65 bits per heavy atom. The zero-order valence-electron chi connectivity index (χ0n) is 10.0. The maximum absolute atomic E-state index is 11.2. The van der Waals surface area contributed by atoms with Gasteiger partial charge in [-0.1, -0.05) is 61.9 Å². The van der Waals surface area contributed by atoms with E-state index >= 15 is 0 Å². The van der Waals surface area contributed by atoms with E-state index in [2.05, 4.69) is 25.1 Å². The maximum atomic E-state index is 11.2. The molecule has 0 radical (unpaired) electrons. The van der Waals surface area contributed by atoms with Gasteiger partial charge in [-0.3, -0.25) is 4.79 Å². The van der Waals surface area contributed by atoms with Crippen LogP contribution in [0.15, 0.2) is 48.5 Å². The highest BCUT2D eigenvalue weighted by molar-refractivity contribution is 6.12. The molecule has 0 aromatic heterocycles. The van der Waals surface area contributed by atoms with E-state index in [1.807, 2.05) is 30.3 Å². The van der Waals surface area contributed by atoms with Gasteiger partial charge in [-0.25, -0.2) is 0 Å². The lowest BCUT2D eigenvalue weighted by atomic mass is 9.98. The van der Waals surface area contributed by atoms with E-state index in [0.717, 1.165) is 35.7 Å². The number of fused-ring (bicyclic) bond motifs is 1. The highest BCUT2D eigenvalue weighted by Gasteiger charge is 2.04. The van der Waals surface area contributed by atoms with Gasteiger partial charge in [0, 0.05) is 5.57 Å². The summed E-state index contributed by atoms with van der Waals surface area (Å²) in [6, 6.07) is 14.2. The molecule has 2 aromatic carbocycles. The second-order valence-corrected chi connectivity index (χ2v) is 4.09. The van der Waals surface area contributed by atoms with Crippen LogP contribution < -0.4 is 0 Å². The minimum Gasteiger partial charge on any atom is -0.298 e. The molecule has 0 aliphatic rings. The van der Waals surface area contributed by atoms with Gasteiger partial charge in [0.1, 0.15) is 6.29 Å². The Kier molecular flexibility index (Phi) is 3.71. The lowest BCUT2D eigenvalue weighted by Gasteiger charge is -2.06. The van der Waals surface area contributed by atoms with Crippen molar-refractivity contribution in [3.8, 4) is 0 Å². The zero-order chi connectivity index (χ0) is 12.1. The fraction of sp³-hybridized carbons (Fsp3) is 0.188. The molecule has 0 saturated heterocycles. The van der Waals surface area contributed by atoms with Gasteiger partial charge in [-0.2, -0.15) is 0 Å². The van der Waals surface area contributed by atoms with E-state index in [-0.39, 0.29) is 0 Å². The fourth-order valence-electron chi connectivity index (χ4n) is 2.00. The summed E-state index contributed by atoms with van der Waals surface area (Å²) >= 11 is 0. The number of unbranched alkanes of at least 4 members (excludes halogenated alkanes) is 1. The molecule has 0 unspecified atom stereocenters. The van der Waals surface area contributed by atoms with Crippen LogP contribution in [0, 0.1) is 0 Å². The van der Waals surface area contributed by atoms with Crippen molar-refractivity contribution in [2.24, 2.45) is 0 Å². The SMILES string of the molecule is CCC/C=C(/C=O)c1cccc2ccccc12. The van der Waals surface area contributed by atoms with Crippen molar-refractivity contribution in [1.82, 2.24) is 0 Å². The van der Waals surface area contributed by atoms with Crippen LogP contribution >= 0.6 is 0 Å². The summed E-state index contributed by atoms with van der Waals surface area (Å²) in [6.07, 6.45) is 4.98. The van der Waals surface area contributed by atoms with E-state index in [1.54, 1.807) is 0 Å². The molecule has 0 heterocycles. The predicted molar refractivity (Wildman–Crippen MR) is 72.9 cm³/mol. The first-order valence-corrected chi connectivity index (χ1v) is 6.00. The molecular formula is C16H16O. The standard InChI is InChI=1S/C16H16O/c1-2-3-7-14(12-17)16-11-6-9-13-8-4-5-10-15(13)16/h4-12H,2-3H2,1H3/b14-7-. The summed E-state index contributed by atoms with van der Waals surface area (Å²) in [7, 11) is 0. The molecule has 17 heavy (non-hydrogen) atoms. The van der Waals surface area contributed by atoms with Crippen molar-refractivity contribution in [2.75, 3.05) is 0 Å². The minimum atomic E-state index is 0.795. The Morgan fingerprint density at radius 2 is 1.88 bits per heavy atom. The van der Waals surface area contributed by atoms with E-state index in [0.29, 0.717) is 0 Å². The average molecular weight is 224 g/mol. The molecule has 0 N–H and O–H groups in total. The van der Waals surface area contributed by atoms with Gasteiger partial charge >= 0.3 is 0 Å². The van der Waals surface area contributed by atoms with Gasteiger partial charge in [0.15, 0.2) is 0 Å².